The maximum Gasteiger partial charge on any atom is 0.348 e. The number of hydrogen-bond donors (Lipinski definition) is 1. The van der Waals surface area contributed by atoms with Crippen LogP contribution < -0.4 is 5.32 Å². The molecule has 0 unspecified atom stereocenters. The summed E-state index contributed by atoms with van der Waals surface area (Å²) in [6.07, 6.45) is 0. The summed E-state index contributed by atoms with van der Waals surface area (Å²) >= 11 is 1.78. The lowest BCUT2D eigenvalue weighted by Crippen LogP contribution is -2.42. The fourth-order valence-corrected chi connectivity index (χ4v) is 7.27. The van der Waals surface area contributed by atoms with Crippen molar-refractivity contribution in [3.05, 3.63) is 35.9 Å². The van der Waals surface area contributed by atoms with Gasteiger partial charge in [-0.15, -0.1) is 11.8 Å². The van der Waals surface area contributed by atoms with Crippen molar-refractivity contribution in [2.45, 2.75) is 43.6 Å². The Morgan fingerprint density at radius 3 is 2.32 bits per heavy atom. The zero-order valence-electron chi connectivity index (χ0n) is 13.5. The van der Waals surface area contributed by atoms with E-state index in [0.29, 0.717) is 13.2 Å². The molecule has 3 rings (SSSR count). The molecule has 1 aromatic carbocycles. The molecule has 0 spiro atoms. The average Bonchev–Trinajstić information content (AvgIpc) is 2.80. The molecule has 2 aliphatic rings. The van der Waals surface area contributed by atoms with Crippen LogP contribution in [0.5, 0.6) is 0 Å². The van der Waals surface area contributed by atoms with Crippen LogP contribution in [0, 0.1) is 5.41 Å². The Kier molecular flexibility index (Phi) is 4.24. The smallest absolute Gasteiger partial charge is 0.307 e. The van der Waals surface area contributed by atoms with E-state index in [0.717, 1.165) is 0 Å². The van der Waals surface area contributed by atoms with Gasteiger partial charge >= 0.3 is 7.60 Å². The minimum absolute atomic E-state index is 0.0807. The van der Waals surface area contributed by atoms with E-state index in [9.17, 15) is 4.57 Å². The van der Waals surface area contributed by atoms with Crippen LogP contribution in [-0.4, -0.2) is 23.7 Å². The first-order chi connectivity index (χ1) is 10.2. The van der Waals surface area contributed by atoms with Crippen LogP contribution in [0.25, 0.3) is 0 Å². The van der Waals surface area contributed by atoms with Crippen LogP contribution in [0.15, 0.2) is 30.3 Å². The molecule has 0 radical (unpaired) electrons. The maximum absolute atomic E-state index is 13.2. The van der Waals surface area contributed by atoms with Crippen molar-refractivity contribution in [1.82, 2.24) is 5.32 Å². The van der Waals surface area contributed by atoms with E-state index in [4.69, 9.17) is 9.05 Å². The van der Waals surface area contributed by atoms with E-state index in [1.165, 1.54) is 5.56 Å². The van der Waals surface area contributed by atoms with Gasteiger partial charge in [0.25, 0.3) is 0 Å². The number of benzene rings is 1. The molecule has 1 N–H and O–H groups in total. The molecule has 0 bridgehead atoms. The molecule has 0 saturated carbocycles. The van der Waals surface area contributed by atoms with E-state index >= 15 is 0 Å². The molecular weight excluding hydrogens is 317 g/mol. The van der Waals surface area contributed by atoms with Gasteiger partial charge in [0.15, 0.2) is 0 Å². The third-order valence-electron chi connectivity index (χ3n) is 4.08. The fourth-order valence-electron chi connectivity index (χ4n) is 2.77. The predicted octanol–water partition coefficient (Wildman–Crippen LogP) is 4.39. The lowest BCUT2D eigenvalue weighted by molar-refractivity contribution is 0.0357. The standard InChI is InChI=1S/C16H24NO3PS/c1-15(2)10-19-21(18,20-11-15)14-16(3,4)22-13(17-14)12-8-6-5-7-9-12/h5-9,13-14,17H,10-11H2,1-4H3/t13-,14-/m1/s1. The van der Waals surface area contributed by atoms with Crippen LogP contribution in [0.1, 0.15) is 38.6 Å². The van der Waals surface area contributed by atoms with Crippen molar-refractivity contribution in [1.29, 1.82) is 0 Å². The molecule has 122 valence electrons. The minimum atomic E-state index is -3.15. The SMILES string of the molecule is CC1(C)COP(=O)([C@H]2N[C@@H](c3ccccc3)SC2(C)C)OC1. The van der Waals surface area contributed by atoms with E-state index in [1.807, 2.05) is 18.2 Å². The quantitative estimate of drug-likeness (QED) is 0.808. The molecule has 0 amide bonds. The van der Waals surface area contributed by atoms with Crippen LogP contribution in [0.2, 0.25) is 0 Å². The summed E-state index contributed by atoms with van der Waals surface area (Å²) in [7, 11) is -3.15. The molecule has 2 aliphatic heterocycles. The Balaban J connectivity index is 1.81. The second kappa shape index (κ2) is 5.64. The van der Waals surface area contributed by atoms with Gasteiger partial charge in [0.1, 0.15) is 5.78 Å². The third kappa shape index (κ3) is 3.15. The first kappa shape index (κ1) is 16.5. The van der Waals surface area contributed by atoms with E-state index in [2.05, 4.69) is 45.1 Å². The van der Waals surface area contributed by atoms with E-state index in [1.54, 1.807) is 11.8 Å². The van der Waals surface area contributed by atoms with Crippen LogP contribution >= 0.6 is 19.4 Å². The largest absolute Gasteiger partial charge is 0.348 e. The number of nitrogens with one attached hydrogen (secondary N) is 1. The Hall–Kier alpha value is -0.320. The van der Waals surface area contributed by atoms with Gasteiger partial charge in [-0.3, -0.25) is 9.88 Å². The van der Waals surface area contributed by atoms with Crippen molar-refractivity contribution < 1.29 is 13.6 Å². The van der Waals surface area contributed by atoms with Crippen LogP contribution in [0.4, 0.5) is 0 Å². The summed E-state index contributed by atoms with van der Waals surface area (Å²) in [5, 5.41) is 3.59. The van der Waals surface area contributed by atoms with Gasteiger partial charge in [-0.05, 0) is 19.4 Å². The number of rotatable bonds is 2. The van der Waals surface area contributed by atoms with Crippen molar-refractivity contribution >= 4 is 19.4 Å². The Bertz CT molecular complexity index is 576. The molecule has 2 atom stereocenters. The number of hydrogen-bond acceptors (Lipinski definition) is 5. The van der Waals surface area contributed by atoms with Gasteiger partial charge in [0.05, 0.1) is 18.6 Å². The van der Waals surface area contributed by atoms with Crippen molar-refractivity contribution in [2.75, 3.05) is 13.2 Å². The third-order valence-corrected chi connectivity index (χ3v) is 8.15. The normalized spacial score (nSPS) is 32.7. The zero-order valence-corrected chi connectivity index (χ0v) is 15.2. The van der Waals surface area contributed by atoms with Gasteiger partial charge in [0.2, 0.25) is 0 Å². The lowest BCUT2D eigenvalue weighted by Gasteiger charge is -2.39. The van der Waals surface area contributed by atoms with Gasteiger partial charge in [-0.1, -0.05) is 44.2 Å². The van der Waals surface area contributed by atoms with Crippen LogP contribution in [-0.2, 0) is 13.6 Å². The molecule has 0 aliphatic carbocycles. The van der Waals surface area contributed by atoms with Gasteiger partial charge in [0, 0.05) is 10.2 Å². The summed E-state index contributed by atoms with van der Waals surface area (Å²) in [5.41, 5.74) is 1.11. The van der Waals surface area contributed by atoms with Crippen molar-refractivity contribution in [3.63, 3.8) is 0 Å². The van der Waals surface area contributed by atoms with Crippen molar-refractivity contribution in [3.8, 4) is 0 Å². The average molecular weight is 341 g/mol. The molecule has 2 fully saturated rings. The molecule has 4 nitrogen and oxygen atoms in total. The summed E-state index contributed by atoms with van der Waals surface area (Å²) in [5.74, 6) is -0.300. The monoisotopic (exact) mass is 341 g/mol. The fraction of sp³-hybridized carbons (Fsp3) is 0.625. The predicted molar refractivity (Wildman–Crippen MR) is 91.1 cm³/mol. The summed E-state index contributed by atoms with van der Waals surface area (Å²) in [6.45, 7) is 9.27. The lowest BCUT2D eigenvalue weighted by atomic mass is 9.97. The first-order valence-corrected chi connectivity index (χ1v) is 10.1. The topological polar surface area (TPSA) is 47.6 Å². The van der Waals surface area contributed by atoms with Gasteiger partial charge in [-0.25, -0.2) is 0 Å². The first-order valence-electron chi connectivity index (χ1n) is 7.60. The second-order valence-corrected chi connectivity index (χ2v) is 11.2. The molecular formula is C16H24NO3PS. The van der Waals surface area contributed by atoms with Crippen molar-refractivity contribution in [2.24, 2.45) is 5.41 Å². The Morgan fingerprint density at radius 2 is 1.73 bits per heavy atom. The molecule has 2 saturated heterocycles. The van der Waals surface area contributed by atoms with Gasteiger partial charge < -0.3 is 9.05 Å². The summed E-state index contributed by atoms with van der Waals surface area (Å²) in [6, 6.07) is 10.2. The highest BCUT2D eigenvalue weighted by Crippen LogP contribution is 2.65. The maximum atomic E-state index is 13.2. The summed E-state index contributed by atoms with van der Waals surface area (Å²) in [4.78, 5) is 0. The van der Waals surface area contributed by atoms with Gasteiger partial charge in [-0.2, -0.15) is 0 Å². The molecule has 22 heavy (non-hydrogen) atoms. The molecule has 6 heteroatoms. The molecule has 0 aromatic heterocycles. The number of thioether (sulfide) groups is 1. The zero-order chi connectivity index (χ0) is 16.0. The van der Waals surface area contributed by atoms with Crippen LogP contribution in [0.3, 0.4) is 0 Å². The highest BCUT2D eigenvalue weighted by Gasteiger charge is 2.55. The second-order valence-electron chi connectivity index (χ2n) is 7.33. The highest BCUT2D eigenvalue weighted by molar-refractivity contribution is 8.01. The summed E-state index contributed by atoms with van der Waals surface area (Å²) < 4.78 is 24.5. The Labute approximate surface area is 136 Å². The van der Waals surface area contributed by atoms with E-state index in [-0.39, 0.29) is 21.3 Å². The Morgan fingerprint density at radius 1 is 1.14 bits per heavy atom. The van der Waals surface area contributed by atoms with E-state index < -0.39 is 7.60 Å². The molecule has 2 heterocycles. The minimum Gasteiger partial charge on any atom is -0.307 e. The highest BCUT2D eigenvalue weighted by atomic mass is 32.2. The molecule has 1 aromatic rings.